The summed E-state index contributed by atoms with van der Waals surface area (Å²) in [6, 6.07) is 5.24. The number of likely N-dealkylation sites (N-methyl/N-ethyl adjacent to an activating group) is 1. The monoisotopic (exact) mass is 326 g/mol. The molecule has 1 heterocycles. The van der Waals surface area contributed by atoms with Gasteiger partial charge in [0.2, 0.25) is 0 Å². The fourth-order valence-electron chi connectivity index (χ4n) is 2.28. The summed E-state index contributed by atoms with van der Waals surface area (Å²) in [7, 11) is 1.64. The van der Waals surface area contributed by atoms with Gasteiger partial charge in [-0.1, -0.05) is 15.9 Å². The van der Waals surface area contributed by atoms with Crippen molar-refractivity contribution in [2.75, 3.05) is 18.5 Å². The van der Waals surface area contributed by atoms with Crippen LogP contribution in [0, 0.1) is 6.92 Å². The molecule has 5 nitrogen and oxygen atoms in total. The van der Waals surface area contributed by atoms with Gasteiger partial charge in [-0.15, -0.1) is 0 Å². The van der Waals surface area contributed by atoms with Gasteiger partial charge >= 0.3 is 12.0 Å². The van der Waals surface area contributed by atoms with Crippen LogP contribution in [0.4, 0.5) is 10.5 Å². The molecular formula is C13H15BrN2O3. The fraction of sp³-hybridized carbons (Fsp3) is 0.385. The van der Waals surface area contributed by atoms with E-state index in [1.165, 1.54) is 4.90 Å². The number of carbonyl (C=O) groups is 2. The van der Waals surface area contributed by atoms with E-state index in [2.05, 4.69) is 15.9 Å². The molecule has 0 spiro atoms. The summed E-state index contributed by atoms with van der Waals surface area (Å²) in [5.74, 6) is -0.890. The summed E-state index contributed by atoms with van der Waals surface area (Å²) in [6.07, 6.45) is -0.0334. The van der Waals surface area contributed by atoms with Gasteiger partial charge in [0.15, 0.2) is 0 Å². The van der Waals surface area contributed by atoms with Crippen molar-refractivity contribution in [2.45, 2.75) is 19.4 Å². The Kier molecular flexibility index (Phi) is 3.80. The molecule has 2 rings (SSSR count). The third-order valence-electron chi connectivity index (χ3n) is 3.33. The molecule has 0 bridgehead atoms. The van der Waals surface area contributed by atoms with Crippen LogP contribution in [-0.4, -0.2) is 41.6 Å². The summed E-state index contributed by atoms with van der Waals surface area (Å²) in [4.78, 5) is 26.1. The quantitative estimate of drug-likeness (QED) is 0.928. The number of aliphatic carboxylic acids is 1. The second kappa shape index (κ2) is 5.21. The lowest BCUT2D eigenvalue weighted by Gasteiger charge is -2.18. The maximum atomic E-state index is 12.2. The molecule has 1 fully saturated rings. The van der Waals surface area contributed by atoms with Crippen molar-refractivity contribution in [1.82, 2.24) is 4.90 Å². The topological polar surface area (TPSA) is 60.9 Å². The van der Waals surface area contributed by atoms with E-state index in [9.17, 15) is 9.59 Å². The van der Waals surface area contributed by atoms with Crippen LogP contribution in [-0.2, 0) is 4.79 Å². The van der Waals surface area contributed by atoms with Gasteiger partial charge < -0.3 is 10.0 Å². The zero-order chi connectivity index (χ0) is 14.2. The molecule has 0 saturated carbocycles. The second-order valence-corrected chi connectivity index (χ2v) is 5.60. The molecule has 1 aliphatic heterocycles. The molecule has 19 heavy (non-hydrogen) atoms. The standard InChI is InChI=1S/C13H15BrN2O3/c1-8-5-9(14)3-4-11(8)16-7-10(6-12(17)18)15(2)13(16)19/h3-5,10H,6-7H2,1-2H3,(H,17,18). The molecule has 1 atom stereocenters. The third kappa shape index (κ3) is 2.73. The van der Waals surface area contributed by atoms with E-state index in [1.54, 1.807) is 11.9 Å². The molecule has 6 heteroatoms. The van der Waals surface area contributed by atoms with E-state index < -0.39 is 5.97 Å². The summed E-state index contributed by atoms with van der Waals surface area (Å²) in [5.41, 5.74) is 1.81. The molecule has 1 aliphatic rings. The first-order chi connectivity index (χ1) is 8.90. The molecule has 0 radical (unpaired) electrons. The molecule has 0 aromatic heterocycles. The number of hydrogen-bond acceptors (Lipinski definition) is 2. The molecule has 1 aromatic carbocycles. The number of anilines is 1. The lowest BCUT2D eigenvalue weighted by atomic mass is 10.1. The Bertz CT molecular complexity index is 533. The molecule has 1 unspecified atom stereocenters. The van der Waals surface area contributed by atoms with E-state index in [0.29, 0.717) is 6.54 Å². The van der Waals surface area contributed by atoms with Gasteiger partial charge in [-0.3, -0.25) is 9.69 Å². The summed E-state index contributed by atoms with van der Waals surface area (Å²) in [5, 5.41) is 8.86. The highest BCUT2D eigenvalue weighted by molar-refractivity contribution is 9.10. The number of nitrogens with zero attached hydrogens (tertiary/aromatic N) is 2. The normalized spacial score (nSPS) is 19.1. The molecular weight excluding hydrogens is 312 g/mol. The number of carbonyl (C=O) groups excluding carboxylic acids is 1. The van der Waals surface area contributed by atoms with Gasteiger partial charge in [0.25, 0.3) is 0 Å². The number of urea groups is 1. The SMILES string of the molecule is Cc1cc(Br)ccc1N1CC(CC(=O)O)N(C)C1=O. The second-order valence-electron chi connectivity index (χ2n) is 4.69. The molecule has 1 aromatic rings. The largest absolute Gasteiger partial charge is 0.481 e. The number of amides is 2. The Morgan fingerprint density at radius 2 is 2.21 bits per heavy atom. The summed E-state index contributed by atoms with van der Waals surface area (Å²) < 4.78 is 0.954. The van der Waals surface area contributed by atoms with Crippen molar-refractivity contribution >= 4 is 33.6 Å². The van der Waals surface area contributed by atoms with Gasteiger partial charge in [0.1, 0.15) is 0 Å². The number of aryl methyl sites for hydroxylation is 1. The van der Waals surface area contributed by atoms with Gasteiger partial charge in [-0.05, 0) is 30.7 Å². The Morgan fingerprint density at radius 3 is 2.79 bits per heavy atom. The summed E-state index contributed by atoms with van der Waals surface area (Å²) in [6.45, 7) is 2.34. The lowest BCUT2D eigenvalue weighted by molar-refractivity contribution is -0.137. The Morgan fingerprint density at radius 1 is 1.53 bits per heavy atom. The van der Waals surface area contributed by atoms with Crippen molar-refractivity contribution in [1.29, 1.82) is 0 Å². The van der Waals surface area contributed by atoms with Crippen molar-refractivity contribution in [3.8, 4) is 0 Å². The third-order valence-corrected chi connectivity index (χ3v) is 3.83. The van der Waals surface area contributed by atoms with E-state index in [-0.39, 0.29) is 18.5 Å². The smallest absolute Gasteiger partial charge is 0.324 e. The highest BCUT2D eigenvalue weighted by Crippen LogP contribution is 2.29. The first-order valence-corrected chi connectivity index (χ1v) is 6.71. The lowest BCUT2D eigenvalue weighted by Crippen LogP contribution is -2.32. The van der Waals surface area contributed by atoms with Crippen LogP contribution < -0.4 is 4.90 Å². The first kappa shape index (κ1) is 13.9. The number of hydrogen-bond donors (Lipinski definition) is 1. The van der Waals surface area contributed by atoms with Gasteiger partial charge in [-0.2, -0.15) is 0 Å². The average Bonchev–Trinajstić information content (AvgIpc) is 2.57. The number of carboxylic acid groups (broad SMARTS) is 1. The zero-order valence-corrected chi connectivity index (χ0v) is 12.3. The van der Waals surface area contributed by atoms with E-state index in [4.69, 9.17) is 5.11 Å². The average molecular weight is 327 g/mol. The van der Waals surface area contributed by atoms with Gasteiger partial charge in [-0.25, -0.2) is 4.79 Å². The van der Waals surface area contributed by atoms with E-state index in [0.717, 1.165) is 15.7 Å². The predicted molar refractivity (Wildman–Crippen MR) is 75.4 cm³/mol. The minimum Gasteiger partial charge on any atom is -0.481 e. The maximum Gasteiger partial charge on any atom is 0.324 e. The van der Waals surface area contributed by atoms with Gasteiger partial charge in [0, 0.05) is 23.8 Å². The molecule has 0 aliphatic carbocycles. The molecule has 1 saturated heterocycles. The first-order valence-electron chi connectivity index (χ1n) is 5.92. The van der Waals surface area contributed by atoms with Crippen molar-refractivity contribution in [2.24, 2.45) is 0 Å². The Hall–Kier alpha value is -1.56. The zero-order valence-electron chi connectivity index (χ0n) is 10.8. The minimum absolute atomic E-state index is 0.0334. The number of halogens is 1. The molecule has 1 N–H and O–H groups in total. The van der Waals surface area contributed by atoms with Crippen LogP contribution in [0.15, 0.2) is 22.7 Å². The van der Waals surface area contributed by atoms with Crippen molar-refractivity contribution in [3.05, 3.63) is 28.2 Å². The van der Waals surface area contributed by atoms with Crippen LogP contribution in [0.5, 0.6) is 0 Å². The van der Waals surface area contributed by atoms with Gasteiger partial charge in [0.05, 0.1) is 12.5 Å². The fourth-order valence-corrected chi connectivity index (χ4v) is 2.76. The number of rotatable bonds is 3. The van der Waals surface area contributed by atoms with Crippen molar-refractivity contribution < 1.29 is 14.7 Å². The van der Waals surface area contributed by atoms with Crippen LogP contribution in [0.25, 0.3) is 0 Å². The van der Waals surface area contributed by atoms with E-state index in [1.807, 2.05) is 25.1 Å². The Labute approximate surface area is 119 Å². The minimum atomic E-state index is -0.890. The van der Waals surface area contributed by atoms with Crippen LogP contribution in [0.1, 0.15) is 12.0 Å². The summed E-state index contributed by atoms with van der Waals surface area (Å²) >= 11 is 3.38. The maximum absolute atomic E-state index is 12.2. The highest BCUT2D eigenvalue weighted by atomic mass is 79.9. The number of carboxylic acids is 1. The van der Waals surface area contributed by atoms with Crippen molar-refractivity contribution in [3.63, 3.8) is 0 Å². The molecule has 2 amide bonds. The highest BCUT2D eigenvalue weighted by Gasteiger charge is 2.37. The molecule has 102 valence electrons. The number of benzene rings is 1. The van der Waals surface area contributed by atoms with Crippen LogP contribution >= 0.6 is 15.9 Å². The van der Waals surface area contributed by atoms with Crippen LogP contribution in [0.3, 0.4) is 0 Å². The predicted octanol–water partition coefficient (Wildman–Crippen LogP) is 2.47. The van der Waals surface area contributed by atoms with E-state index >= 15 is 0 Å². The Balaban J connectivity index is 2.26. The van der Waals surface area contributed by atoms with Crippen LogP contribution in [0.2, 0.25) is 0 Å².